The van der Waals surface area contributed by atoms with Gasteiger partial charge in [0.2, 0.25) is 0 Å². The van der Waals surface area contributed by atoms with Crippen LogP contribution in [0.3, 0.4) is 0 Å². The van der Waals surface area contributed by atoms with Crippen molar-refractivity contribution in [2.24, 2.45) is 7.05 Å². The van der Waals surface area contributed by atoms with Crippen molar-refractivity contribution in [3.63, 3.8) is 0 Å². The van der Waals surface area contributed by atoms with Crippen molar-refractivity contribution in [3.8, 4) is 0 Å². The van der Waals surface area contributed by atoms with Crippen LogP contribution in [-0.2, 0) is 13.6 Å². The minimum atomic E-state index is 0.864. The van der Waals surface area contributed by atoms with E-state index < -0.39 is 0 Å². The van der Waals surface area contributed by atoms with Crippen LogP contribution in [0.2, 0.25) is 0 Å². The van der Waals surface area contributed by atoms with E-state index in [1.807, 2.05) is 18.8 Å². The number of aromatic nitrogens is 2. The molecule has 1 aromatic heterocycles. The van der Waals surface area contributed by atoms with E-state index in [4.69, 9.17) is 0 Å². The first-order valence-corrected chi connectivity index (χ1v) is 5.28. The van der Waals surface area contributed by atoms with Crippen molar-refractivity contribution in [3.05, 3.63) is 28.4 Å². The molecule has 0 aliphatic heterocycles. The Morgan fingerprint density at radius 3 is 3.00 bits per heavy atom. The first kappa shape index (κ1) is 9.68. The molecule has 0 radical (unpaired) electrons. The Kier molecular flexibility index (Phi) is 2.56. The van der Waals surface area contributed by atoms with E-state index in [0.717, 1.165) is 11.1 Å². The highest BCUT2D eigenvalue weighted by molar-refractivity contribution is 9.10. The Balaban J connectivity index is 2.72. The van der Waals surface area contributed by atoms with Crippen LogP contribution in [0.4, 0.5) is 0 Å². The maximum atomic E-state index is 4.34. The van der Waals surface area contributed by atoms with Crippen LogP contribution in [0.15, 0.2) is 22.8 Å². The normalized spacial score (nSPS) is 11.1. The molecular formula is C10H12BrN3. The van der Waals surface area contributed by atoms with Gasteiger partial charge in [-0.15, -0.1) is 0 Å². The number of aryl methyl sites for hydroxylation is 1. The molecule has 0 atom stereocenters. The van der Waals surface area contributed by atoms with Crippen LogP contribution in [0.1, 0.15) is 5.56 Å². The Bertz CT molecular complexity index is 462. The highest BCUT2D eigenvalue weighted by Gasteiger charge is 2.08. The first-order chi connectivity index (χ1) is 6.74. The van der Waals surface area contributed by atoms with Crippen molar-refractivity contribution in [1.82, 2.24) is 15.1 Å². The Morgan fingerprint density at radius 1 is 1.50 bits per heavy atom. The number of hydrogen-bond donors (Lipinski definition) is 1. The van der Waals surface area contributed by atoms with Crippen LogP contribution in [0.5, 0.6) is 0 Å². The second-order valence-electron chi connectivity index (χ2n) is 3.26. The third-order valence-corrected chi connectivity index (χ3v) is 2.86. The molecule has 0 spiro atoms. The van der Waals surface area contributed by atoms with E-state index in [1.165, 1.54) is 16.5 Å². The van der Waals surface area contributed by atoms with Gasteiger partial charge in [0.15, 0.2) is 0 Å². The van der Waals surface area contributed by atoms with Crippen molar-refractivity contribution in [2.75, 3.05) is 7.05 Å². The number of nitrogens with one attached hydrogen (secondary N) is 1. The van der Waals surface area contributed by atoms with E-state index in [0.29, 0.717) is 0 Å². The summed E-state index contributed by atoms with van der Waals surface area (Å²) in [6.07, 6.45) is 0. The summed E-state index contributed by atoms with van der Waals surface area (Å²) in [5.41, 5.74) is 2.46. The van der Waals surface area contributed by atoms with Crippen molar-refractivity contribution in [1.29, 1.82) is 0 Å². The molecule has 0 saturated carbocycles. The Labute approximate surface area is 91.2 Å². The van der Waals surface area contributed by atoms with Crippen molar-refractivity contribution in [2.45, 2.75) is 6.54 Å². The molecule has 74 valence electrons. The van der Waals surface area contributed by atoms with Gasteiger partial charge in [-0.2, -0.15) is 5.10 Å². The van der Waals surface area contributed by atoms with E-state index >= 15 is 0 Å². The molecule has 1 heterocycles. The maximum Gasteiger partial charge on any atom is 0.135 e. The van der Waals surface area contributed by atoms with Crippen LogP contribution in [0, 0.1) is 0 Å². The molecular weight excluding hydrogens is 242 g/mol. The molecule has 2 aromatic rings. The van der Waals surface area contributed by atoms with Crippen LogP contribution in [0.25, 0.3) is 10.9 Å². The van der Waals surface area contributed by atoms with Gasteiger partial charge in [0.05, 0.1) is 5.52 Å². The standard InChI is InChI=1S/C10H12BrN3/c1-12-6-7-4-3-5-8-9(7)14(2)13-10(8)11/h3-5,12H,6H2,1-2H3. The highest BCUT2D eigenvalue weighted by atomic mass is 79.9. The number of halogens is 1. The first-order valence-electron chi connectivity index (χ1n) is 4.48. The zero-order valence-electron chi connectivity index (χ0n) is 8.21. The largest absolute Gasteiger partial charge is 0.316 e. The lowest BCUT2D eigenvalue weighted by Crippen LogP contribution is -2.06. The highest BCUT2D eigenvalue weighted by Crippen LogP contribution is 2.25. The van der Waals surface area contributed by atoms with Gasteiger partial charge in [-0.25, -0.2) is 0 Å². The van der Waals surface area contributed by atoms with Crippen LogP contribution in [-0.4, -0.2) is 16.8 Å². The lowest BCUT2D eigenvalue weighted by atomic mass is 10.1. The summed E-state index contributed by atoms with van der Waals surface area (Å²) < 4.78 is 2.82. The molecule has 0 aliphatic rings. The Morgan fingerprint density at radius 2 is 2.29 bits per heavy atom. The minimum Gasteiger partial charge on any atom is -0.316 e. The quantitative estimate of drug-likeness (QED) is 0.888. The van der Waals surface area contributed by atoms with E-state index in [2.05, 4.69) is 44.5 Å². The number of fused-ring (bicyclic) bond motifs is 1. The fourth-order valence-corrected chi connectivity index (χ4v) is 2.27. The van der Waals surface area contributed by atoms with E-state index in [-0.39, 0.29) is 0 Å². The molecule has 1 aromatic carbocycles. The number of benzene rings is 1. The van der Waals surface area contributed by atoms with Crippen LogP contribution >= 0.6 is 15.9 Å². The molecule has 4 heteroatoms. The molecule has 0 unspecified atom stereocenters. The van der Waals surface area contributed by atoms with E-state index in [1.54, 1.807) is 0 Å². The van der Waals surface area contributed by atoms with Gasteiger partial charge < -0.3 is 5.32 Å². The number of rotatable bonds is 2. The predicted octanol–water partition coefficient (Wildman–Crippen LogP) is 2.06. The topological polar surface area (TPSA) is 29.9 Å². The fourth-order valence-electron chi connectivity index (χ4n) is 1.71. The average molecular weight is 254 g/mol. The van der Waals surface area contributed by atoms with Crippen LogP contribution < -0.4 is 5.32 Å². The maximum absolute atomic E-state index is 4.34. The number of nitrogens with zero attached hydrogens (tertiary/aromatic N) is 2. The molecule has 0 saturated heterocycles. The lowest BCUT2D eigenvalue weighted by molar-refractivity contribution is 0.769. The molecule has 0 aliphatic carbocycles. The zero-order valence-corrected chi connectivity index (χ0v) is 9.80. The van der Waals surface area contributed by atoms with Gasteiger partial charge in [-0.3, -0.25) is 4.68 Å². The Hall–Kier alpha value is -0.870. The van der Waals surface area contributed by atoms with Crippen molar-refractivity contribution < 1.29 is 0 Å². The summed E-state index contributed by atoms with van der Waals surface area (Å²) in [4.78, 5) is 0. The van der Waals surface area contributed by atoms with Gasteiger partial charge >= 0.3 is 0 Å². The molecule has 2 rings (SSSR count). The second kappa shape index (κ2) is 3.71. The van der Waals surface area contributed by atoms with Gasteiger partial charge in [0, 0.05) is 19.0 Å². The van der Waals surface area contributed by atoms with Gasteiger partial charge in [-0.1, -0.05) is 18.2 Å². The third-order valence-electron chi connectivity index (χ3n) is 2.27. The fraction of sp³-hybridized carbons (Fsp3) is 0.300. The number of para-hydroxylation sites is 1. The lowest BCUT2D eigenvalue weighted by Gasteiger charge is -2.03. The smallest absolute Gasteiger partial charge is 0.135 e. The van der Waals surface area contributed by atoms with E-state index in [9.17, 15) is 0 Å². The summed E-state index contributed by atoms with van der Waals surface area (Å²) >= 11 is 3.45. The summed E-state index contributed by atoms with van der Waals surface area (Å²) in [5.74, 6) is 0. The van der Waals surface area contributed by atoms with Gasteiger partial charge in [0.1, 0.15) is 4.60 Å². The monoisotopic (exact) mass is 253 g/mol. The SMILES string of the molecule is CNCc1cccc2c(Br)nn(C)c12. The summed E-state index contributed by atoms with van der Waals surface area (Å²) in [6.45, 7) is 0.864. The van der Waals surface area contributed by atoms with Crippen molar-refractivity contribution >= 4 is 26.8 Å². The molecule has 0 amide bonds. The average Bonchev–Trinajstić information content (AvgIpc) is 2.44. The summed E-state index contributed by atoms with van der Waals surface area (Å²) in [5, 5.41) is 8.66. The van der Waals surface area contributed by atoms with Gasteiger partial charge in [0.25, 0.3) is 0 Å². The molecule has 3 nitrogen and oxygen atoms in total. The number of hydrogen-bond acceptors (Lipinski definition) is 2. The molecule has 0 fully saturated rings. The molecule has 14 heavy (non-hydrogen) atoms. The minimum absolute atomic E-state index is 0.864. The molecule has 1 N–H and O–H groups in total. The predicted molar refractivity (Wildman–Crippen MR) is 61.2 cm³/mol. The summed E-state index contributed by atoms with van der Waals surface area (Å²) in [6, 6.07) is 6.25. The zero-order chi connectivity index (χ0) is 10.1. The van der Waals surface area contributed by atoms with Gasteiger partial charge in [-0.05, 0) is 28.5 Å². The molecule has 0 bridgehead atoms. The second-order valence-corrected chi connectivity index (χ2v) is 4.01. The summed E-state index contributed by atoms with van der Waals surface area (Å²) in [7, 11) is 3.91. The third kappa shape index (κ3) is 1.44.